The minimum absolute atomic E-state index is 0.0485. The molecule has 1 aromatic heterocycles. The number of ketones is 1. The first-order chi connectivity index (χ1) is 10.1. The largest absolute Gasteiger partial charge is 0.317 e. The Hall–Kier alpha value is -2.08. The van der Waals surface area contributed by atoms with Crippen molar-refractivity contribution < 1.29 is 9.18 Å². The predicted octanol–water partition coefficient (Wildman–Crippen LogP) is 1.88. The van der Waals surface area contributed by atoms with E-state index in [1.54, 1.807) is 23.0 Å². The quantitative estimate of drug-likeness (QED) is 0.876. The van der Waals surface area contributed by atoms with Crippen LogP contribution in [-0.4, -0.2) is 33.9 Å². The fraction of sp³-hybridized carbons (Fsp3) is 0.400. The number of nitrogens with one attached hydrogen (secondary N) is 1. The van der Waals surface area contributed by atoms with E-state index < -0.39 is 11.6 Å². The van der Waals surface area contributed by atoms with E-state index in [-0.39, 0.29) is 17.3 Å². The number of carbonyl (C=O) groups is 1. The number of aryl methyl sites for hydroxylation is 1. The molecule has 0 bridgehead atoms. The molecule has 1 N–H and O–H groups in total. The van der Waals surface area contributed by atoms with E-state index in [1.807, 2.05) is 6.92 Å². The van der Waals surface area contributed by atoms with Crippen LogP contribution in [0.5, 0.6) is 0 Å². The fourth-order valence-corrected chi connectivity index (χ4v) is 2.58. The summed E-state index contributed by atoms with van der Waals surface area (Å²) in [5, 5.41) is 11.2. The van der Waals surface area contributed by atoms with Crippen molar-refractivity contribution >= 4 is 5.78 Å². The Labute approximate surface area is 122 Å². The summed E-state index contributed by atoms with van der Waals surface area (Å²) in [5.74, 6) is -0.946. The van der Waals surface area contributed by atoms with Crippen molar-refractivity contribution in [3.05, 3.63) is 47.0 Å². The number of aromatic nitrogens is 3. The number of nitrogens with zero attached hydrogens (tertiary/aromatic N) is 3. The predicted molar refractivity (Wildman–Crippen MR) is 75.7 cm³/mol. The molecular formula is C15H17FN4O. The van der Waals surface area contributed by atoms with Gasteiger partial charge in [0.25, 0.3) is 0 Å². The topological polar surface area (TPSA) is 59.8 Å². The lowest BCUT2D eigenvalue weighted by molar-refractivity contribution is 0.103. The third-order valence-corrected chi connectivity index (χ3v) is 3.79. The molecule has 2 heterocycles. The lowest BCUT2D eigenvalue weighted by atomic mass is 10.0. The standard InChI is InChI=1S/C15H17FN4O/c1-10-2-3-13(16)12(8-10)15(21)14-9-20(19-18-14)11-4-6-17-7-5-11/h2-3,8-9,11,17H,4-7H2,1H3. The van der Waals surface area contributed by atoms with Crippen LogP contribution < -0.4 is 5.32 Å². The fourth-order valence-electron chi connectivity index (χ4n) is 2.58. The minimum Gasteiger partial charge on any atom is -0.317 e. The molecule has 1 saturated heterocycles. The summed E-state index contributed by atoms with van der Waals surface area (Å²) >= 11 is 0. The smallest absolute Gasteiger partial charge is 0.217 e. The Bertz CT molecular complexity index is 661. The summed E-state index contributed by atoms with van der Waals surface area (Å²) in [5.41, 5.74) is 1.08. The Kier molecular flexibility index (Phi) is 3.79. The third-order valence-electron chi connectivity index (χ3n) is 3.79. The monoisotopic (exact) mass is 288 g/mol. The molecule has 6 heteroatoms. The lowest BCUT2D eigenvalue weighted by Gasteiger charge is -2.22. The van der Waals surface area contributed by atoms with E-state index in [1.165, 1.54) is 6.07 Å². The Morgan fingerprint density at radius 3 is 2.90 bits per heavy atom. The average molecular weight is 288 g/mol. The van der Waals surface area contributed by atoms with Crippen LogP contribution in [0.4, 0.5) is 4.39 Å². The van der Waals surface area contributed by atoms with Crippen molar-refractivity contribution in [2.75, 3.05) is 13.1 Å². The molecule has 0 radical (unpaired) electrons. The second kappa shape index (κ2) is 5.73. The molecule has 1 aliphatic rings. The number of hydrogen-bond acceptors (Lipinski definition) is 4. The number of halogens is 1. The first-order valence-electron chi connectivity index (χ1n) is 7.08. The van der Waals surface area contributed by atoms with Crippen molar-refractivity contribution in [1.82, 2.24) is 20.3 Å². The van der Waals surface area contributed by atoms with Gasteiger partial charge in [-0.15, -0.1) is 5.10 Å². The minimum atomic E-state index is -0.526. The lowest BCUT2D eigenvalue weighted by Crippen LogP contribution is -2.29. The van der Waals surface area contributed by atoms with Gasteiger partial charge in [0, 0.05) is 0 Å². The highest BCUT2D eigenvalue weighted by molar-refractivity contribution is 6.07. The van der Waals surface area contributed by atoms with E-state index in [9.17, 15) is 9.18 Å². The number of rotatable bonds is 3. The molecular weight excluding hydrogens is 271 g/mol. The van der Waals surface area contributed by atoms with E-state index in [0.29, 0.717) is 0 Å². The molecule has 0 spiro atoms. The van der Waals surface area contributed by atoms with Gasteiger partial charge in [0.05, 0.1) is 17.8 Å². The molecule has 0 amide bonds. The second-order valence-electron chi connectivity index (χ2n) is 5.38. The Morgan fingerprint density at radius 1 is 1.38 bits per heavy atom. The van der Waals surface area contributed by atoms with Gasteiger partial charge in [-0.1, -0.05) is 16.8 Å². The molecule has 0 saturated carbocycles. The van der Waals surface area contributed by atoms with Crippen molar-refractivity contribution in [3.63, 3.8) is 0 Å². The van der Waals surface area contributed by atoms with Gasteiger partial charge in [0.2, 0.25) is 5.78 Å². The highest BCUT2D eigenvalue weighted by Gasteiger charge is 2.21. The second-order valence-corrected chi connectivity index (χ2v) is 5.38. The number of hydrogen-bond donors (Lipinski definition) is 1. The van der Waals surface area contributed by atoms with Gasteiger partial charge in [-0.3, -0.25) is 4.79 Å². The maximum atomic E-state index is 13.8. The van der Waals surface area contributed by atoms with Gasteiger partial charge in [0.15, 0.2) is 5.69 Å². The number of benzene rings is 1. The SMILES string of the molecule is Cc1ccc(F)c(C(=O)c2cn(C3CCNCC3)nn2)c1. The van der Waals surface area contributed by atoms with E-state index >= 15 is 0 Å². The molecule has 1 aromatic carbocycles. The zero-order chi connectivity index (χ0) is 14.8. The molecule has 0 atom stereocenters. The van der Waals surface area contributed by atoms with Crippen molar-refractivity contribution in [2.24, 2.45) is 0 Å². The summed E-state index contributed by atoms with van der Waals surface area (Å²) < 4.78 is 15.5. The summed E-state index contributed by atoms with van der Waals surface area (Å²) in [6.45, 7) is 3.68. The van der Waals surface area contributed by atoms with E-state index in [4.69, 9.17) is 0 Å². The third kappa shape index (κ3) is 2.85. The van der Waals surface area contributed by atoms with Gasteiger partial charge in [-0.05, 0) is 45.0 Å². The molecule has 0 aliphatic carbocycles. The molecule has 21 heavy (non-hydrogen) atoms. The van der Waals surface area contributed by atoms with Crippen molar-refractivity contribution in [2.45, 2.75) is 25.8 Å². The zero-order valence-corrected chi connectivity index (χ0v) is 11.8. The first-order valence-corrected chi connectivity index (χ1v) is 7.08. The number of piperidine rings is 1. The summed E-state index contributed by atoms with van der Waals surface area (Å²) in [7, 11) is 0. The van der Waals surface area contributed by atoms with Crippen LogP contribution in [0.25, 0.3) is 0 Å². The molecule has 3 rings (SSSR count). The summed E-state index contributed by atoms with van der Waals surface area (Å²) in [4.78, 5) is 12.3. The molecule has 1 fully saturated rings. The molecule has 0 unspecified atom stereocenters. The number of carbonyl (C=O) groups excluding carboxylic acids is 1. The maximum absolute atomic E-state index is 13.8. The normalized spacial score (nSPS) is 16.1. The van der Waals surface area contributed by atoms with E-state index in [2.05, 4.69) is 15.6 Å². The van der Waals surface area contributed by atoms with Crippen LogP contribution in [0.3, 0.4) is 0 Å². The van der Waals surface area contributed by atoms with Crippen LogP contribution >= 0.6 is 0 Å². The highest BCUT2D eigenvalue weighted by atomic mass is 19.1. The van der Waals surface area contributed by atoms with Crippen LogP contribution in [0, 0.1) is 12.7 Å². The van der Waals surface area contributed by atoms with Crippen molar-refractivity contribution in [1.29, 1.82) is 0 Å². The van der Waals surface area contributed by atoms with Crippen LogP contribution in [0.2, 0.25) is 0 Å². The Morgan fingerprint density at radius 2 is 2.14 bits per heavy atom. The maximum Gasteiger partial charge on any atom is 0.217 e. The molecule has 2 aromatic rings. The van der Waals surface area contributed by atoms with E-state index in [0.717, 1.165) is 31.5 Å². The molecule has 1 aliphatic heterocycles. The van der Waals surface area contributed by atoms with Gasteiger partial charge in [-0.2, -0.15) is 0 Å². The van der Waals surface area contributed by atoms with Crippen LogP contribution in [0.15, 0.2) is 24.4 Å². The van der Waals surface area contributed by atoms with Crippen LogP contribution in [0.1, 0.15) is 40.5 Å². The van der Waals surface area contributed by atoms with Gasteiger partial charge in [-0.25, -0.2) is 9.07 Å². The highest BCUT2D eigenvalue weighted by Crippen LogP contribution is 2.19. The average Bonchev–Trinajstić information content (AvgIpc) is 3.00. The molecule has 5 nitrogen and oxygen atoms in total. The van der Waals surface area contributed by atoms with Crippen molar-refractivity contribution in [3.8, 4) is 0 Å². The zero-order valence-electron chi connectivity index (χ0n) is 11.8. The van der Waals surface area contributed by atoms with Gasteiger partial charge < -0.3 is 5.32 Å². The summed E-state index contributed by atoms with van der Waals surface area (Å²) in [6, 6.07) is 4.74. The summed E-state index contributed by atoms with van der Waals surface area (Å²) in [6.07, 6.45) is 3.53. The van der Waals surface area contributed by atoms with Gasteiger partial charge in [0.1, 0.15) is 5.82 Å². The first kappa shape index (κ1) is 13.9. The Balaban J connectivity index is 1.85. The van der Waals surface area contributed by atoms with Crippen LogP contribution in [-0.2, 0) is 0 Å². The molecule has 110 valence electrons. The van der Waals surface area contributed by atoms with Gasteiger partial charge >= 0.3 is 0 Å².